The molecular formula is C19H38N2O2. The molecule has 1 fully saturated rings. The number of amides is 1. The van der Waals surface area contributed by atoms with E-state index in [0.29, 0.717) is 12.1 Å². The first-order chi connectivity index (χ1) is 10.8. The number of ether oxygens (including phenoxy) is 1. The van der Waals surface area contributed by atoms with Crippen LogP contribution >= 0.6 is 0 Å². The number of alkyl carbamates (subject to hydrolysis) is 1. The fourth-order valence-corrected chi connectivity index (χ4v) is 3.39. The Morgan fingerprint density at radius 3 is 2.43 bits per heavy atom. The summed E-state index contributed by atoms with van der Waals surface area (Å²) >= 11 is 0. The maximum atomic E-state index is 11.9. The average molecular weight is 327 g/mol. The van der Waals surface area contributed by atoms with Gasteiger partial charge in [0.25, 0.3) is 0 Å². The number of rotatable bonds is 8. The van der Waals surface area contributed by atoms with Crippen molar-refractivity contribution in [3.05, 3.63) is 0 Å². The zero-order valence-electron chi connectivity index (χ0n) is 15.9. The van der Waals surface area contributed by atoms with Crippen LogP contribution in [0, 0.1) is 0 Å². The van der Waals surface area contributed by atoms with Crippen LogP contribution in [-0.2, 0) is 4.74 Å². The maximum absolute atomic E-state index is 11.9. The monoisotopic (exact) mass is 326 g/mol. The quantitative estimate of drug-likeness (QED) is 0.675. The summed E-state index contributed by atoms with van der Waals surface area (Å²) in [5.41, 5.74) is -0.428. The minimum atomic E-state index is -0.428. The number of hydrogen-bond donors (Lipinski definition) is 2. The summed E-state index contributed by atoms with van der Waals surface area (Å²) in [6.45, 7) is 10.2. The Kier molecular flexibility index (Phi) is 8.96. The zero-order valence-corrected chi connectivity index (χ0v) is 15.9. The number of nitrogens with one attached hydrogen (secondary N) is 2. The van der Waals surface area contributed by atoms with Crippen LogP contribution in [0.2, 0.25) is 0 Å². The lowest BCUT2D eigenvalue weighted by molar-refractivity contribution is 0.0487. The van der Waals surface area contributed by atoms with Crippen LogP contribution in [-0.4, -0.2) is 29.8 Å². The van der Waals surface area contributed by atoms with Crippen LogP contribution in [0.15, 0.2) is 0 Å². The van der Waals surface area contributed by atoms with Crippen molar-refractivity contribution in [1.29, 1.82) is 0 Å². The summed E-state index contributed by atoms with van der Waals surface area (Å²) in [5.74, 6) is 0. The zero-order chi connectivity index (χ0) is 17.3. The molecule has 4 nitrogen and oxygen atoms in total. The molecule has 2 N–H and O–H groups in total. The van der Waals surface area contributed by atoms with Gasteiger partial charge in [0.1, 0.15) is 5.60 Å². The number of hydrogen-bond acceptors (Lipinski definition) is 3. The molecule has 1 amide bonds. The van der Waals surface area contributed by atoms with Crippen molar-refractivity contribution < 1.29 is 9.53 Å². The minimum Gasteiger partial charge on any atom is -0.444 e. The standard InChI is InChI=1S/C19H38N2O2/c1-6-8-11-15(10-7-2)20-16-12-9-13-17(14-16)21-18(22)23-19(3,4)5/h15-17,20H,6-14H2,1-5H3,(H,21,22). The van der Waals surface area contributed by atoms with Gasteiger partial charge in [-0.3, -0.25) is 0 Å². The van der Waals surface area contributed by atoms with Crippen LogP contribution in [0.4, 0.5) is 4.79 Å². The highest BCUT2D eigenvalue weighted by Gasteiger charge is 2.26. The molecular weight excluding hydrogens is 288 g/mol. The largest absolute Gasteiger partial charge is 0.444 e. The summed E-state index contributed by atoms with van der Waals surface area (Å²) < 4.78 is 5.38. The molecule has 0 saturated heterocycles. The second-order valence-electron chi connectivity index (χ2n) is 8.00. The van der Waals surface area contributed by atoms with Crippen LogP contribution in [0.5, 0.6) is 0 Å². The number of unbranched alkanes of at least 4 members (excludes halogenated alkanes) is 1. The molecule has 0 heterocycles. The topological polar surface area (TPSA) is 50.4 Å². The van der Waals surface area contributed by atoms with E-state index in [1.807, 2.05) is 20.8 Å². The van der Waals surface area contributed by atoms with Gasteiger partial charge >= 0.3 is 6.09 Å². The van der Waals surface area contributed by atoms with Crippen LogP contribution in [0.1, 0.15) is 92.4 Å². The molecule has 0 aromatic rings. The van der Waals surface area contributed by atoms with Gasteiger partial charge in [0, 0.05) is 18.1 Å². The summed E-state index contributed by atoms with van der Waals surface area (Å²) in [7, 11) is 0. The molecule has 0 aromatic heterocycles. The molecule has 0 radical (unpaired) electrons. The van der Waals surface area contributed by atoms with Crippen molar-refractivity contribution >= 4 is 6.09 Å². The Labute approximate surface area is 143 Å². The molecule has 0 bridgehead atoms. The van der Waals surface area contributed by atoms with E-state index in [9.17, 15) is 4.79 Å². The van der Waals surface area contributed by atoms with E-state index in [0.717, 1.165) is 12.8 Å². The molecule has 0 aromatic carbocycles. The van der Waals surface area contributed by atoms with Gasteiger partial charge in [0.15, 0.2) is 0 Å². The lowest BCUT2D eigenvalue weighted by atomic mass is 9.90. The second kappa shape index (κ2) is 10.2. The fourth-order valence-electron chi connectivity index (χ4n) is 3.39. The third-order valence-electron chi connectivity index (χ3n) is 4.41. The Bertz CT molecular complexity index is 339. The molecule has 3 atom stereocenters. The Morgan fingerprint density at radius 2 is 1.83 bits per heavy atom. The lowest BCUT2D eigenvalue weighted by Crippen LogP contribution is -2.47. The van der Waals surface area contributed by atoms with Crippen molar-refractivity contribution in [2.24, 2.45) is 0 Å². The molecule has 4 heteroatoms. The molecule has 23 heavy (non-hydrogen) atoms. The van der Waals surface area contributed by atoms with Crippen molar-refractivity contribution in [3.8, 4) is 0 Å². The van der Waals surface area contributed by atoms with Gasteiger partial charge in [-0.05, 0) is 59.3 Å². The van der Waals surface area contributed by atoms with Crippen molar-refractivity contribution in [2.45, 2.75) is 116 Å². The van der Waals surface area contributed by atoms with E-state index < -0.39 is 5.60 Å². The van der Waals surface area contributed by atoms with E-state index in [4.69, 9.17) is 4.74 Å². The SMILES string of the molecule is CCCCC(CCC)NC1CCCC(NC(=O)OC(C)(C)C)C1. The minimum absolute atomic E-state index is 0.240. The molecule has 0 aliphatic heterocycles. The van der Waals surface area contributed by atoms with Gasteiger partial charge in [-0.2, -0.15) is 0 Å². The number of carbonyl (C=O) groups excluding carboxylic acids is 1. The Balaban J connectivity index is 2.42. The van der Waals surface area contributed by atoms with E-state index in [2.05, 4.69) is 24.5 Å². The highest BCUT2D eigenvalue weighted by molar-refractivity contribution is 5.68. The van der Waals surface area contributed by atoms with Gasteiger partial charge in [-0.1, -0.05) is 33.1 Å². The first-order valence-corrected chi connectivity index (χ1v) is 9.59. The third-order valence-corrected chi connectivity index (χ3v) is 4.41. The smallest absolute Gasteiger partial charge is 0.407 e. The first-order valence-electron chi connectivity index (χ1n) is 9.59. The van der Waals surface area contributed by atoms with Gasteiger partial charge in [-0.25, -0.2) is 4.79 Å². The highest BCUT2D eigenvalue weighted by atomic mass is 16.6. The predicted octanol–water partition coefficient (Wildman–Crippen LogP) is 4.77. The normalized spacial score (nSPS) is 23.3. The first kappa shape index (κ1) is 20.3. The van der Waals surface area contributed by atoms with E-state index in [1.165, 1.54) is 44.9 Å². The van der Waals surface area contributed by atoms with Gasteiger partial charge < -0.3 is 15.4 Å². The maximum Gasteiger partial charge on any atom is 0.407 e. The van der Waals surface area contributed by atoms with Crippen LogP contribution < -0.4 is 10.6 Å². The van der Waals surface area contributed by atoms with E-state index >= 15 is 0 Å². The Morgan fingerprint density at radius 1 is 1.13 bits per heavy atom. The Hall–Kier alpha value is -0.770. The fraction of sp³-hybridized carbons (Fsp3) is 0.947. The van der Waals surface area contributed by atoms with Gasteiger partial charge in [0.2, 0.25) is 0 Å². The van der Waals surface area contributed by atoms with Crippen LogP contribution in [0.25, 0.3) is 0 Å². The molecule has 1 saturated carbocycles. The summed E-state index contributed by atoms with van der Waals surface area (Å²) in [6.07, 6.45) is 10.5. The average Bonchev–Trinajstić information content (AvgIpc) is 2.43. The predicted molar refractivity (Wildman–Crippen MR) is 96.8 cm³/mol. The van der Waals surface area contributed by atoms with Crippen molar-refractivity contribution in [1.82, 2.24) is 10.6 Å². The molecule has 1 aliphatic carbocycles. The molecule has 1 aliphatic rings. The molecule has 0 spiro atoms. The summed E-state index contributed by atoms with van der Waals surface area (Å²) in [4.78, 5) is 11.9. The van der Waals surface area contributed by atoms with Gasteiger partial charge in [0.05, 0.1) is 0 Å². The molecule has 3 unspecified atom stereocenters. The van der Waals surface area contributed by atoms with E-state index in [-0.39, 0.29) is 12.1 Å². The lowest BCUT2D eigenvalue weighted by Gasteiger charge is -2.33. The third kappa shape index (κ3) is 9.19. The molecule has 1 rings (SSSR count). The van der Waals surface area contributed by atoms with E-state index in [1.54, 1.807) is 0 Å². The van der Waals surface area contributed by atoms with Gasteiger partial charge in [-0.15, -0.1) is 0 Å². The second-order valence-corrected chi connectivity index (χ2v) is 8.00. The summed E-state index contributed by atoms with van der Waals surface area (Å²) in [6, 6.07) is 1.40. The summed E-state index contributed by atoms with van der Waals surface area (Å²) in [5, 5.41) is 6.90. The molecule has 136 valence electrons. The highest BCUT2D eigenvalue weighted by Crippen LogP contribution is 2.21. The van der Waals surface area contributed by atoms with Crippen molar-refractivity contribution in [2.75, 3.05) is 0 Å². The van der Waals surface area contributed by atoms with Crippen LogP contribution in [0.3, 0.4) is 0 Å². The number of carbonyl (C=O) groups is 1. The van der Waals surface area contributed by atoms with Crippen molar-refractivity contribution in [3.63, 3.8) is 0 Å².